The van der Waals surface area contributed by atoms with Crippen LogP contribution in [0.4, 0.5) is 5.69 Å². The number of hydrogen-bond donors (Lipinski definition) is 2. The number of carbonyl (C=O) groups is 1. The summed E-state index contributed by atoms with van der Waals surface area (Å²) in [6.07, 6.45) is 3.72. The van der Waals surface area contributed by atoms with Crippen molar-refractivity contribution in [3.8, 4) is 0 Å². The number of carbonyl (C=O) groups excluding carboxylic acids is 1. The Balaban J connectivity index is 1.66. The van der Waals surface area contributed by atoms with Crippen LogP contribution in [-0.2, 0) is 22.9 Å². The van der Waals surface area contributed by atoms with Gasteiger partial charge < -0.3 is 10.6 Å². The molecule has 1 saturated heterocycles. The molecule has 1 aliphatic rings. The summed E-state index contributed by atoms with van der Waals surface area (Å²) in [4.78, 5) is 17.4. The molecule has 1 atom stereocenters. The van der Waals surface area contributed by atoms with Gasteiger partial charge in [0.15, 0.2) is 15.5 Å². The van der Waals surface area contributed by atoms with E-state index in [-0.39, 0.29) is 23.5 Å². The van der Waals surface area contributed by atoms with E-state index in [1.165, 1.54) is 6.20 Å². The van der Waals surface area contributed by atoms with Crippen molar-refractivity contribution in [1.29, 1.82) is 0 Å². The fraction of sp³-hybridized carbons (Fsp3) is 0.350. The summed E-state index contributed by atoms with van der Waals surface area (Å²) >= 11 is 0. The van der Waals surface area contributed by atoms with Gasteiger partial charge in [0.05, 0.1) is 34.3 Å². The van der Waals surface area contributed by atoms with Gasteiger partial charge in [0.25, 0.3) is 5.91 Å². The second kappa shape index (κ2) is 7.82. The predicted octanol–water partition coefficient (Wildman–Crippen LogP) is 1.98. The number of amides is 1. The number of anilines is 1. The normalized spacial score (nSPS) is 18.0. The molecule has 0 radical (unpaired) electrons. The van der Waals surface area contributed by atoms with E-state index < -0.39 is 9.84 Å². The van der Waals surface area contributed by atoms with Crippen LogP contribution in [0, 0.1) is 0 Å². The standard InChI is InChI=1S/C20H23N5O3S/c1-2-25-19-16(12-23-25)18(24-15-8-9-29(27,28)13-15)17(11-21-19)20(26)22-10-14-6-4-3-5-7-14/h3-7,11-12,15H,2,8-10,13H2,1H3,(H,21,24)(H,22,26). The Kier molecular flexibility index (Phi) is 5.23. The molecular formula is C20H23N5O3S. The van der Waals surface area contributed by atoms with Gasteiger partial charge in [-0.3, -0.25) is 4.79 Å². The second-order valence-electron chi connectivity index (χ2n) is 7.16. The fourth-order valence-electron chi connectivity index (χ4n) is 3.57. The monoisotopic (exact) mass is 413 g/mol. The van der Waals surface area contributed by atoms with Gasteiger partial charge in [-0.1, -0.05) is 30.3 Å². The first-order valence-electron chi connectivity index (χ1n) is 9.60. The van der Waals surface area contributed by atoms with Gasteiger partial charge in [0.1, 0.15) is 0 Å². The van der Waals surface area contributed by atoms with Crippen LogP contribution in [0.2, 0.25) is 0 Å². The molecule has 2 N–H and O–H groups in total. The Labute approximate surface area is 169 Å². The molecular weight excluding hydrogens is 390 g/mol. The summed E-state index contributed by atoms with van der Waals surface area (Å²) in [5.41, 5.74) is 2.62. The zero-order valence-corrected chi connectivity index (χ0v) is 16.9. The summed E-state index contributed by atoms with van der Waals surface area (Å²) in [5, 5.41) is 11.3. The molecule has 0 spiro atoms. The largest absolute Gasteiger partial charge is 0.380 e. The summed E-state index contributed by atoms with van der Waals surface area (Å²) in [6.45, 7) is 3.00. The minimum absolute atomic E-state index is 0.0593. The van der Waals surface area contributed by atoms with Crippen LogP contribution in [-0.4, -0.2) is 46.6 Å². The molecule has 4 rings (SSSR count). The highest BCUT2D eigenvalue weighted by molar-refractivity contribution is 7.91. The number of fused-ring (bicyclic) bond motifs is 1. The lowest BCUT2D eigenvalue weighted by Gasteiger charge is -2.17. The van der Waals surface area contributed by atoms with E-state index in [9.17, 15) is 13.2 Å². The topological polar surface area (TPSA) is 106 Å². The SMILES string of the molecule is CCn1ncc2c(NC3CCS(=O)(=O)C3)c(C(=O)NCc3ccccc3)cnc21. The quantitative estimate of drug-likeness (QED) is 0.640. The zero-order valence-electron chi connectivity index (χ0n) is 16.1. The molecule has 0 saturated carbocycles. The molecule has 3 aromatic rings. The molecule has 2 aromatic heterocycles. The molecule has 1 aliphatic heterocycles. The Bertz CT molecular complexity index is 1140. The van der Waals surface area contributed by atoms with Crippen LogP contribution in [0.25, 0.3) is 11.0 Å². The number of sulfone groups is 1. The van der Waals surface area contributed by atoms with E-state index in [1.54, 1.807) is 10.9 Å². The van der Waals surface area contributed by atoms with Crippen molar-refractivity contribution in [2.75, 3.05) is 16.8 Å². The maximum absolute atomic E-state index is 12.9. The Morgan fingerprint density at radius 3 is 2.72 bits per heavy atom. The number of hydrogen-bond acceptors (Lipinski definition) is 6. The summed E-state index contributed by atoms with van der Waals surface area (Å²) in [7, 11) is -3.05. The number of nitrogens with zero attached hydrogens (tertiary/aromatic N) is 3. The molecule has 1 fully saturated rings. The molecule has 8 nitrogen and oxygen atoms in total. The van der Waals surface area contributed by atoms with E-state index in [4.69, 9.17) is 0 Å². The number of pyridine rings is 1. The summed E-state index contributed by atoms with van der Waals surface area (Å²) < 4.78 is 25.5. The third-order valence-corrected chi connectivity index (χ3v) is 6.86. The molecule has 1 unspecified atom stereocenters. The average molecular weight is 414 g/mol. The Morgan fingerprint density at radius 2 is 2.03 bits per heavy atom. The number of aromatic nitrogens is 3. The van der Waals surface area contributed by atoms with Crippen molar-refractivity contribution in [2.24, 2.45) is 0 Å². The Morgan fingerprint density at radius 1 is 1.24 bits per heavy atom. The molecule has 3 heterocycles. The van der Waals surface area contributed by atoms with Crippen LogP contribution in [0.15, 0.2) is 42.7 Å². The lowest BCUT2D eigenvalue weighted by molar-refractivity contribution is 0.0951. The van der Waals surface area contributed by atoms with E-state index in [0.717, 1.165) is 5.56 Å². The molecule has 1 amide bonds. The van der Waals surface area contributed by atoms with Gasteiger partial charge in [-0.2, -0.15) is 5.10 Å². The number of rotatable bonds is 6. The number of aryl methyl sites for hydroxylation is 1. The van der Waals surface area contributed by atoms with E-state index in [2.05, 4.69) is 20.7 Å². The zero-order chi connectivity index (χ0) is 20.4. The van der Waals surface area contributed by atoms with Crippen molar-refractivity contribution in [2.45, 2.75) is 32.5 Å². The molecule has 0 aliphatic carbocycles. The molecule has 1 aromatic carbocycles. The average Bonchev–Trinajstić information content (AvgIpc) is 3.29. The van der Waals surface area contributed by atoms with Gasteiger partial charge >= 0.3 is 0 Å². The van der Waals surface area contributed by atoms with Crippen molar-refractivity contribution >= 4 is 32.5 Å². The third-order valence-electron chi connectivity index (χ3n) is 5.09. The van der Waals surface area contributed by atoms with Gasteiger partial charge in [-0.15, -0.1) is 0 Å². The van der Waals surface area contributed by atoms with Crippen molar-refractivity contribution in [1.82, 2.24) is 20.1 Å². The first-order valence-corrected chi connectivity index (χ1v) is 11.4. The van der Waals surface area contributed by atoms with E-state index in [1.807, 2.05) is 37.3 Å². The first kappa shape index (κ1) is 19.4. The minimum Gasteiger partial charge on any atom is -0.380 e. The second-order valence-corrected chi connectivity index (χ2v) is 9.39. The predicted molar refractivity (Wildman–Crippen MR) is 111 cm³/mol. The van der Waals surface area contributed by atoms with E-state index in [0.29, 0.717) is 41.8 Å². The number of benzene rings is 1. The smallest absolute Gasteiger partial charge is 0.255 e. The van der Waals surface area contributed by atoms with Crippen LogP contribution >= 0.6 is 0 Å². The highest BCUT2D eigenvalue weighted by atomic mass is 32.2. The van der Waals surface area contributed by atoms with Crippen molar-refractivity contribution < 1.29 is 13.2 Å². The molecule has 152 valence electrons. The van der Waals surface area contributed by atoms with E-state index >= 15 is 0 Å². The summed E-state index contributed by atoms with van der Waals surface area (Å²) in [5.74, 6) is -0.0530. The number of nitrogens with one attached hydrogen (secondary N) is 2. The van der Waals surface area contributed by atoms with Crippen LogP contribution in [0.5, 0.6) is 0 Å². The lowest BCUT2D eigenvalue weighted by atomic mass is 10.1. The van der Waals surface area contributed by atoms with Crippen molar-refractivity contribution in [3.05, 3.63) is 53.9 Å². The van der Waals surface area contributed by atoms with Gasteiger partial charge in [-0.25, -0.2) is 18.1 Å². The maximum atomic E-state index is 12.9. The maximum Gasteiger partial charge on any atom is 0.255 e. The van der Waals surface area contributed by atoms with Gasteiger partial charge in [0, 0.05) is 25.3 Å². The van der Waals surface area contributed by atoms with Gasteiger partial charge in [0.2, 0.25) is 0 Å². The summed E-state index contributed by atoms with van der Waals surface area (Å²) in [6, 6.07) is 9.40. The van der Waals surface area contributed by atoms with Crippen LogP contribution < -0.4 is 10.6 Å². The van der Waals surface area contributed by atoms with Crippen LogP contribution in [0.1, 0.15) is 29.3 Å². The molecule has 29 heavy (non-hydrogen) atoms. The van der Waals surface area contributed by atoms with Crippen molar-refractivity contribution in [3.63, 3.8) is 0 Å². The van der Waals surface area contributed by atoms with Crippen LogP contribution in [0.3, 0.4) is 0 Å². The Hall–Kier alpha value is -2.94. The third kappa shape index (κ3) is 4.09. The fourth-order valence-corrected chi connectivity index (χ4v) is 5.25. The molecule has 0 bridgehead atoms. The molecule has 9 heteroatoms. The highest BCUT2D eigenvalue weighted by Crippen LogP contribution is 2.28. The first-order chi connectivity index (χ1) is 14.0. The lowest BCUT2D eigenvalue weighted by Crippen LogP contribution is -2.27. The minimum atomic E-state index is -3.05. The highest BCUT2D eigenvalue weighted by Gasteiger charge is 2.29. The van der Waals surface area contributed by atoms with Gasteiger partial charge in [-0.05, 0) is 18.9 Å².